The van der Waals surface area contributed by atoms with Crippen LogP contribution in [0.3, 0.4) is 0 Å². The van der Waals surface area contributed by atoms with Crippen LogP contribution in [0.2, 0.25) is 0 Å². The van der Waals surface area contributed by atoms with E-state index in [0.717, 1.165) is 12.1 Å². The molecular weight excluding hydrogens is 282 g/mol. The van der Waals surface area contributed by atoms with Gasteiger partial charge >= 0.3 is 0 Å². The number of carbonyl (C=O) groups is 2. The van der Waals surface area contributed by atoms with Crippen LogP contribution in [0, 0.1) is 6.92 Å². The number of amides is 2. The van der Waals surface area contributed by atoms with Gasteiger partial charge in [0, 0.05) is 37.4 Å². The van der Waals surface area contributed by atoms with Gasteiger partial charge < -0.3 is 15.1 Å². The average molecular weight is 305 g/mol. The zero-order valence-electron chi connectivity index (χ0n) is 13.6. The van der Waals surface area contributed by atoms with Crippen LogP contribution in [0.25, 0.3) is 0 Å². The summed E-state index contributed by atoms with van der Waals surface area (Å²) >= 11 is 0. The second kappa shape index (κ2) is 6.29. The Bertz CT molecular complexity index is 560. The Labute approximate surface area is 130 Å². The lowest BCUT2D eigenvalue weighted by Crippen LogP contribution is -2.46. The molecule has 22 heavy (non-hydrogen) atoms. The minimum atomic E-state index is -0.314. The molecule has 0 unspecified atom stereocenters. The van der Waals surface area contributed by atoms with Crippen molar-refractivity contribution in [3.8, 4) is 0 Å². The normalized spacial score (nSPS) is 15.6. The van der Waals surface area contributed by atoms with Crippen LogP contribution in [0.5, 0.6) is 0 Å². The first kappa shape index (κ1) is 16.2. The average Bonchev–Trinajstić information content (AvgIpc) is 2.45. The smallest absolute Gasteiger partial charge is 0.270 e. The third-order valence-corrected chi connectivity index (χ3v) is 3.31. The second-order valence-corrected chi connectivity index (χ2v) is 6.53. The Morgan fingerprint density at radius 2 is 1.86 bits per heavy atom. The number of rotatable bonds is 3. The number of hydrogen-bond acceptors (Lipinski definition) is 5. The molecule has 0 spiro atoms. The summed E-state index contributed by atoms with van der Waals surface area (Å²) in [6.45, 7) is 10.3. The third-order valence-electron chi connectivity index (χ3n) is 3.31. The zero-order chi connectivity index (χ0) is 16.3. The number of piperazine rings is 1. The maximum Gasteiger partial charge on any atom is 0.270 e. The Morgan fingerprint density at radius 1 is 1.23 bits per heavy atom. The van der Waals surface area contributed by atoms with Crippen molar-refractivity contribution in [2.75, 3.05) is 31.1 Å². The van der Waals surface area contributed by atoms with Gasteiger partial charge in [-0.3, -0.25) is 9.59 Å². The maximum absolute atomic E-state index is 12.3. The lowest BCUT2D eigenvalue weighted by molar-refractivity contribution is -0.118. The van der Waals surface area contributed by atoms with E-state index in [1.807, 2.05) is 32.6 Å². The van der Waals surface area contributed by atoms with Crippen molar-refractivity contribution < 1.29 is 9.59 Å². The molecule has 7 heteroatoms. The number of carbonyl (C=O) groups excluding carboxylic acids is 2. The third kappa shape index (κ3) is 4.16. The van der Waals surface area contributed by atoms with Gasteiger partial charge in [-0.25, -0.2) is 9.97 Å². The first-order valence-corrected chi connectivity index (χ1v) is 7.41. The highest BCUT2D eigenvalue weighted by Gasteiger charge is 2.21. The Hall–Kier alpha value is -2.18. The molecule has 0 aliphatic carbocycles. The van der Waals surface area contributed by atoms with Gasteiger partial charge in [0.1, 0.15) is 5.69 Å². The molecule has 0 saturated carbocycles. The molecule has 0 aromatic carbocycles. The van der Waals surface area contributed by atoms with Crippen LogP contribution in [-0.2, 0) is 4.79 Å². The van der Waals surface area contributed by atoms with Crippen molar-refractivity contribution in [1.82, 2.24) is 20.2 Å². The lowest BCUT2D eigenvalue weighted by atomic mass is 10.1. The van der Waals surface area contributed by atoms with Crippen molar-refractivity contribution in [2.45, 2.75) is 33.2 Å². The van der Waals surface area contributed by atoms with E-state index in [4.69, 9.17) is 0 Å². The molecule has 1 aromatic heterocycles. The number of nitrogens with one attached hydrogen (secondary N) is 1. The van der Waals surface area contributed by atoms with Crippen LogP contribution in [-0.4, -0.2) is 58.9 Å². The summed E-state index contributed by atoms with van der Waals surface area (Å²) in [5.41, 5.74) is 0.809. The van der Waals surface area contributed by atoms with Crippen LogP contribution >= 0.6 is 0 Å². The van der Waals surface area contributed by atoms with Gasteiger partial charge in [-0.15, -0.1) is 0 Å². The summed E-state index contributed by atoms with van der Waals surface area (Å²) in [7, 11) is 0. The molecule has 0 bridgehead atoms. The Kier molecular flexibility index (Phi) is 4.63. The highest BCUT2D eigenvalue weighted by Crippen LogP contribution is 2.13. The molecule has 1 aliphatic heterocycles. The molecule has 0 atom stereocenters. The second-order valence-electron chi connectivity index (χ2n) is 6.53. The molecule has 2 rings (SSSR count). The highest BCUT2D eigenvalue weighted by molar-refractivity contribution is 5.93. The van der Waals surface area contributed by atoms with E-state index in [2.05, 4.69) is 15.3 Å². The molecule has 120 valence electrons. The van der Waals surface area contributed by atoms with E-state index in [1.54, 1.807) is 11.0 Å². The zero-order valence-corrected chi connectivity index (χ0v) is 13.6. The first-order valence-electron chi connectivity index (χ1n) is 7.41. The summed E-state index contributed by atoms with van der Waals surface area (Å²) in [5, 5.41) is 2.91. The molecule has 7 nitrogen and oxygen atoms in total. The number of aryl methyl sites for hydroxylation is 1. The van der Waals surface area contributed by atoms with Gasteiger partial charge in [0.15, 0.2) is 0 Å². The van der Waals surface area contributed by atoms with Crippen LogP contribution < -0.4 is 10.2 Å². The quantitative estimate of drug-likeness (QED) is 0.827. The fraction of sp³-hybridized carbons (Fsp3) is 0.600. The molecule has 1 aliphatic rings. The monoisotopic (exact) mass is 305 g/mol. The minimum Gasteiger partial charge on any atom is -0.346 e. The van der Waals surface area contributed by atoms with E-state index in [0.29, 0.717) is 37.8 Å². The molecule has 1 N–H and O–H groups in total. The van der Waals surface area contributed by atoms with Crippen molar-refractivity contribution in [3.63, 3.8) is 0 Å². The molecule has 2 amide bonds. The minimum absolute atomic E-state index is 0.203. The molecule has 2 heterocycles. The first-order chi connectivity index (χ1) is 10.3. The largest absolute Gasteiger partial charge is 0.346 e. The number of aromatic nitrogens is 2. The van der Waals surface area contributed by atoms with Gasteiger partial charge in [-0.05, 0) is 33.8 Å². The summed E-state index contributed by atoms with van der Waals surface area (Å²) in [6, 6.07) is 1.69. The summed E-state index contributed by atoms with van der Waals surface area (Å²) in [5.74, 6) is 0.343. The van der Waals surface area contributed by atoms with Crippen molar-refractivity contribution in [3.05, 3.63) is 17.5 Å². The van der Waals surface area contributed by atoms with Crippen LogP contribution in [0.15, 0.2) is 6.07 Å². The summed E-state index contributed by atoms with van der Waals surface area (Å²) in [4.78, 5) is 35.6. The van der Waals surface area contributed by atoms with Gasteiger partial charge in [0.2, 0.25) is 12.4 Å². The Morgan fingerprint density at radius 3 is 2.41 bits per heavy atom. The predicted molar refractivity (Wildman–Crippen MR) is 83.8 cm³/mol. The molecule has 1 aromatic rings. The number of hydrogen-bond donors (Lipinski definition) is 1. The van der Waals surface area contributed by atoms with Gasteiger partial charge in [-0.2, -0.15) is 0 Å². The lowest BCUT2D eigenvalue weighted by Gasteiger charge is -2.32. The fourth-order valence-corrected chi connectivity index (χ4v) is 2.24. The van der Waals surface area contributed by atoms with E-state index in [-0.39, 0.29) is 11.4 Å². The van der Waals surface area contributed by atoms with Crippen molar-refractivity contribution >= 4 is 18.3 Å². The molecule has 1 saturated heterocycles. The predicted octanol–water partition coefficient (Wildman–Crippen LogP) is 0.592. The number of nitrogens with zero attached hydrogens (tertiary/aromatic N) is 4. The fourth-order valence-electron chi connectivity index (χ4n) is 2.24. The van der Waals surface area contributed by atoms with Gasteiger partial charge in [0.25, 0.3) is 5.91 Å². The maximum atomic E-state index is 12.3. The molecule has 0 radical (unpaired) electrons. The van der Waals surface area contributed by atoms with E-state index in [9.17, 15) is 9.59 Å². The van der Waals surface area contributed by atoms with Crippen LogP contribution in [0.4, 0.5) is 5.95 Å². The van der Waals surface area contributed by atoms with E-state index < -0.39 is 0 Å². The van der Waals surface area contributed by atoms with Gasteiger partial charge in [0.05, 0.1) is 0 Å². The SMILES string of the molecule is Cc1cc(C(=O)NC(C)(C)C)nc(N2CCN(C=O)CC2)n1. The highest BCUT2D eigenvalue weighted by atomic mass is 16.2. The van der Waals surface area contributed by atoms with Crippen LogP contribution in [0.1, 0.15) is 37.0 Å². The van der Waals surface area contributed by atoms with E-state index >= 15 is 0 Å². The van der Waals surface area contributed by atoms with Crippen molar-refractivity contribution in [2.24, 2.45) is 0 Å². The summed E-state index contributed by atoms with van der Waals surface area (Å²) in [6.07, 6.45) is 0.858. The van der Waals surface area contributed by atoms with Crippen molar-refractivity contribution in [1.29, 1.82) is 0 Å². The molecule has 1 fully saturated rings. The topological polar surface area (TPSA) is 78.4 Å². The van der Waals surface area contributed by atoms with Gasteiger partial charge in [-0.1, -0.05) is 0 Å². The number of anilines is 1. The Balaban J connectivity index is 2.17. The summed E-state index contributed by atoms with van der Waals surface area (Å²) < 4.78 is 0. The standard InChI is InChI=1S/C15H23N5O2/c1-11-9-12(13(22)18-15(2,3)4)17-14(16-11)20-7-5-19(10-21)6-8-20/h9-10H,5-8H2,1-4H3,(H,18,22). The molecular formula is C15H23N5O2. The van der Waals surface area contributed by atoms with E-state index in [1.165, 1.54) is 0 Å².